The average molecular weight is 240 g/mol. The van der Waals surface area contributed by atoms with E-state index in [2.05, 4.69) is 56.3 Å². The first kappa shape index (κ1) is 12.7. The van der Waals surface area contributed by atoms with Gasteiger partial charge in [-0.25, -0.2) is 0 Å². The third-order valence-electron chi connectivity index (χ3n) is 3.36. The molecule has 0 aliphatic rings. The molecule has 1 nitrogen and oxygen atoms in total. The molecule has 0 amide bonds. The molecular weight excluding hydrogens is 220 g/mol. The van der Waals surface area contributed by atoms with Crippen LogP contribution in [0.2, 0.25) is 0 Å². The summed E-state index contributed by atoms with van der Waals surface area (Å²) in [6.45, 7) is 4.57. The van der Waals surface area contributed by atoms with E-state index < -0.39 is 0 Å². The molecule has 2 aromatic carbocycles. The molecule has 2 aromatic rings. The number of benzene rings is 2. The predicted molar refractivity (Wildman–Crippen MR) is 76.2 cm³/mol. The Morgan fingerprint density at radius 3 is 2.06 bits per heavy atom. The Kier molecular flexibility index (Phi) is 3.71. The van der Waals surface area contributed by atoms with Crippen LogP contribution in [0.4, 0.5) is 0 Å². The van der Waals surface area contributed by atoms with Crippen LogP contribution in [0.15, 0.2) is 54.6 Å². The number of hydrogen-bond donors (Lipinski definition) is 0. The van der Waals surface area contributed by atoms with E-state index in [9.17, 15) is 0 Å². The summed E-state index contributed by atoms with van der Waals surface area (Å²) in [6.07, 6.45) is 1.03. The van der Waals surface area contributed by atoms with Crippen molar-refractivity contribution in [3.8, 4) is 5.75 Å². The van der Waals surface area contributed by atoms with Crippen molar-refractivity contribution in [2.45, 2.75) is 25.7 Å². The maximum Gasteiger partial charge on any atom is 0.118 e. The lowest BCUT2D eigenvalue weighted by molar-refractivity contribution is 0.414. The minimum absolute atomic E-state index is 0.149. The summed E-state index contributed by atoms with van der Waals surface area (Å²) in [6, 6.07) is 19.0. The first-order valence-electron chi connectivity index (χ1n) is 6.30. The summed E-state index contributed by atoms with van der Waals surface area (Å²) in [5, 5.41) is 0. The smallest absolute Gasteiger partial charge is 0.118 e. The highest BCUT2D eigenvalue weighted by Gasteiger charge is 2.20. The molecule has 0 heterocycles. The molecule has 0 fully saturated rings. The largest absolute Gasteiger partial charge is 0.497 e. The zero-order valence-corrected chi connectivity index (χ0v) is 11.3. The van der Waals surface area contributed by atoms with E-state index in [1.54, 1.807) is 7.11 Å². The fourth-order valence-corrected chi connectivity index (χ4v) is 2.25. The van der Waals surface area contributed by atoms with E-state index in [-0.39, 0.29) is 5.41 Å². The minimum Gasteiger partial charge on any atom is -0.497 e. The van der Waals surface area contributed by atoms with Crippen molar-refractivity contribution >= 4 is 0 Å². The van der Waals surface area contributed by atoms with Gasteiger partial charge in [0.05, 0.1) is 7.11 Å². The highest BCUT2D eigenvalue weighted by Crippen LogP contribution is 2.28. The van der Waals surface area contributed by atoms with Gasteiger partial charge in [-0.2, -0.15) is 0 Å². The third kappa shape index (κ3) is 2.92. The SMILES string of the molecule is COc1ccc(CC(C)(C)c2ccccc2)cc1. The topological polar surface area (TPSA) is 9.23 Å². The molecule has 94 valence electrons. The maximum atomic E-state index is 5.18. The first-order valence-corrected chi connectivity index (χ1v) is 6.30. The highest BCUT2D eigenvalue weighted by atomic mass is 16.5. The van der Waals surface area contributed by atoms with Gasteiger partial charge in [0, 0.05) is 0 Å². The molecule has 0 saturated heterocycles. The summed E-state index contributed by atoms with van der Waals surface area (Å²) < 4.78 is 5.18. The van der Waals surface area contributed by atoms with Crippen molar-refractivity contribution < 1.29 is 4.74 Å². The number of hydrogen-bond acceptors (Lipinski definition) is 1. The van der Waals surface area contributed by atoms with Crippen molar-refractivity contribution in [1.82, 2.24) is 0 Å². The maximum absolute atomic E-state index is 5.18. The summed E-state index contributed by atoms with van der Waals surface area (Å²) in [5.74, 6) is 0.913. The fourth-order valence-electron chi connectivity index (χ4n) is 2.25. The quantitative estimate of drug-likeness (QED) is 0.777. The molecule has 1 heteroatoms. The second kappa shape index (κ2) is 5.26. The molecule has 0 aliphatic heterocycles. The van der Waals surface area contributed by atoms with Gasteiger partial charge in [0.2, 0.25) is 0 Å². The van der Waals surface area contributed by atoms with Gasteiger partial charge in [-0.1, -0.05) is 56.3 Å². The summed E-state index contributed by atoms with van der Waals surface area (Å²) >= 11 is 0. The third-order valence-corrected chi connectivity index (χ3v) is 3.36. The van der Waals surface area contributed by atoms with Crippen LogP contribution in [0.3, 0.4) is 0 Å². The summed E-state index contributed by atoms with van der Waals surface area (Å²) in [4.78, 5) is 0. The molecule has 0 N–H and O–H groups in total. The van der Waals surface area contributed by atoms with Crippen LogP contribution in [-0.2, 0) is 11.8 Å². The van der Waals surface area contributed by atoms with Gasteiger partial charge in [0.25, 0.3) is 0 Å². The van der Waals surface area contributed by atoms with Gasteiger partial charge >= 0.3 is 0 Å². The Balaban J connectivity index is 2.16. The van der Waals surface area contributed by atoms with E-state index >= 15 is 0 Å². The van der Waals surface area contributed by atoms with Gasteiger partial charge in [0.1, 0.15) is 5.75 Å². The second-order valence-electron chi connectivity index (χ2n) is 5.27. The first-order chi connectivity index (χ1) is 8.62. The van der Waals surface area contributed by atoms with Crippen LogP contribution in [0.5, 0.6) is 5.75 Å². The molecule has 0 spiro atoms. The van der Waals surface area contributed by atoms with E-state index in [1.807, 2.05) is 12.1 Å². The van der Waals surface area contributed by atoms with E-state index in [1.165, 1.54) is 11.1 Å². The number of ether oxygens (including phenoxy) is 1. The molecule has 0 aliphatic carbocycles. The summed E-state index contributed by atoms with van der Waals surface area (Å²) in [7, 11) is 1.70. The normalized spacial score (nSPS) is 11.3. The standard InChI is InChI=1S/C17H20O/c1-17(2,15-7-5-4-6-8-15)13-14-9-11-16(18-3)12-10-14/h4-12H,13H2,1-3H3. The number of methoxy groups -OCH3 is 1. The van der Waals surface area contributed by atoms with Crippen molar-refractivity contribution in [2.75, 3.05) is 7.11 Å². The van der Waals surface area contributed by atoms with E-state index in [0.717, 1.165) is 12.2 Å². The lowest BCUT2D eigenvalue weighted by Crippen LogP contribution is -2.20. The Bertz CT molecular complexity index is 483. The monoisotopic (exact) mass is 240 g/mol. The fraction of sp³-hybridized carbons (Fsp3) is 0.294. The number of rotatable bonds is 4. The molecular formula is C17H20O. The lowest BCUT2D eigenvalue weighted by atomic mass is 9.79. The molecule has 0 radical (unpaired) electrons. The van der Waals surface area contributed by atoms with Crippen molar-refractivity contribution in [2.24, 2.45) is 0 Å². The zero-order chi connectivity index (χ0) is 13.0. The van der Waals surface area contributed by atoms with Crippen molar-refractivity contribution in [3.05, 3.63) is 65.7 Å². The Morgan fingerprint density at radius 2 is 1.50 bits per heavy atom. The Morgan fingerprint density at radius 1 is 0.889 bits per heavy atom. The molecule has 0 aromatic heterocycles. The van der Waals surface area contributed by atoms with Crippen molar-refractivity contribution in [1.29, 1.82) is 0 Å². The van der Waals surface area contributed by atoms with E-state index in [0.29, 0.717) is 0 Å². The van der Waals surface area contributed by atoms with Gasteiger partial charge in [-0.05, 0) is 35.1 Å². The van der Waals surface area contributed by atoms with Gasteiger partial charge in [-0.3, -0.25) is 0 Å². The van der Waals surface area contributed by atoms with Gasteiger partial charge < -0.3 is 4.74 Å². The molecule has 0 atom stereocenters. The molecule has 0 bridgehead atoms. The Labute approximate surface area is 109 Å². The van der Waals surface area contributed by atoms with Crippen LogP contribution < -0.4 is 4.74 Å². The van der Waals surface area contributed by atoms with Crippen LogP contribution in [-0.4, -0.2) is 7.11 Å². The highest BCUT2D eigenvalue weighted by molar-refractivity contribution is 5.31. The van der Waals surface area contributed by atoms with Crippen LogP contribution in [0.25, 0.3) is 0 Å². The van der Waals surface area contributed by atoms with E-state index in [4.69, 9.17) is 4.74 Å². The molecule has 0 saturated carbocycles. The minimum atomic E-state index is 0.149. The van der Waals surface area contributed by atoms with Gasteiger partial charge in [-0.15, -0.1) is 0 Å². The van der Waals surface area contributed by atoms with Crippen LogP contribution in [0.1, 0.15) is 25.0 Å². The lowest BCUT2D eigenvalue weighted by Gasteiger charge is -2.25. The zero-order valence-electron chi connectivity index (χ0n) is 11.3. The van der Waals surface area contributed by atoms with Crippen LogP contribution >= 0.6 is 0 Å². The molecule has 2 rings (SSSR count). The second-order valence-corrected chi connectivity index (χ2v) is 5.27. The molecule has 0 unspecified atom stereocenters. The van der Waals surface area contributed by atoms with Crippen molar-refractivity contribution in [3.63, 3.8) is 0 Å². The van der Waals surface area contributed by atoms with Gasteiger partial charge in [0.15, 0.2) is 0 Å². The Hall–Kier alpha value is -1.76. The molecule has 18 heavy (non-hydrogen) atoms. The van der Waals surface area contributed by atoms with Crippen LogP contribution in [0, 0.1) is 0 Å². The summed E-state index contributed by atoms with van der Waals surface area (Å²) in [5.41, 5.74) is 2.86. The predicted octanol–water partition coefficient (Wildman–Crippen LogP) is 4.22. The average Bonchev–Trinajstić information content (AvgIpc) is 2.40.